The summed E-state index contributed by atoms with van der Waals surface area (Å²) in [5, 5.41) is 18.6. The van der Waals surface area contributed by atoms with Crippen molar-refractivity contribution in [1.82, 2.24) is 0 Å². The van der Waals surface area contributed by atoms with E-state index in [1.807, 2.05) is 0 Å². The van der Waals surface area contributed by atoms with Crippen LogP contribution in [0.1, 0.15) is 76.0 Å². The SMILES string of the molecule is CC(C)c1cc(C(C)C)c(-c2ccc3c4c(-c5ccccc5)c5c(cc6c7ccccc7c7cccc5c76)c(-c5ccccc5-c5ccccc5)c4c4cccc2c43)c(C(C)C)c1. The molecule has 0 saturated carbocycles. The first kappa shape index (κ1) is 37.7. The number of benzene rings is 10. The lowest BCUT2D eigenvalue weighted by molar-refractivity contribution is 0.808. The van der Waals surface area contributed by atoms with Gasteiger partial charge in [0.1, 0.15) is 0 Å². The molecule has 0 aliphatic carbocycles. The van der Waals surface area contributed by atoms with Gasteiger partial charge >= 0.3 is 0 Å². The molecule has 0 spiro atoms. The summed E-state index contributed by atoms with van der Waals surface area (Å²) in [7, 11) is 0. The molecule has 0 saturated heterocycles. The average molecular weight is 807 g/mol. The summed E-state index contributed by atoms with van der Waals surface area (Å²) in [6, 6.07) is 67.1. The monoisotopic (exact) mass is 806 g/mol. The first-order chi connectivity index (χ1) is 30.8. The van der Waals surface area contributed by atoms with Gasteiger partial charge in [-0.2, -0.15) is 0 Å². The number of hydrogen-bond donors (Lipinski definition) is 0. The van der Waals surface area contributed by atoms with Crippen LogP contribution >= 0.6 is 0 Å². The Balaban J connectivity index is 1.35. The van der Waals surface area contributed by atoms with Crippen molar-refractivity contribution in [3.63, 3.8) is 0 Å². The molecule has 0 aromatic heterocycles. The lowest BCUT2D eigenvalue weighted by Gasteiger charge is -2.24. The van der Waals surface area contributed by atoms with Crippen LogP contribution in [0, 0.1) is 0 Å². The Hall–Kier alpha value is -7.02. The van der Waals surface area contributed by atoms with Gasteiger partial charge in [0.05, 0.1) is 0 Å². The van der Waals surface area contributed by atoms with Gasteiger partial charge in [-0.05, 0) is 160 Å². The molecule has 0 heteroatoms. The zero-order valence-corrected chi connectivity index (χ0v) is 37.0. The van der Waals surface area contributed by atoms with Crippen LogP contribution in [0.4, 0.5) is 0 Å². The fraction of sp³-hybridized carbons (Fsp3) is 0.143. The van der Waals surface area contributed by atoms with Crippen molar-refractivity contribution in [3.8, 4) is 44.5 Å². The highest BCUT2D eigenvalue weighted by molar-refractivity contribution is 6.45. The normalized spacial score (nSPS) is 12.4. The van der Waals surface area contributed by atoms with Gasteiger partial charge in [-0.3, -0.25) is 0 Å². The maximum atomic E-state index is 2.56. The van der Waals surface area contributed by atoms with Crippen LogP contribution in [0.15, 0.2) is 176 Å². The van der Waals surface area contributed by atoms with Crippen LogP contribution in [0.3, 0.4) is 0 Å². The van der Waals surface area contributed by atoms with Gasteiger partial charge in [-0.1, -0.05) is 211 Å². The van der Waals surface area contributed by atoms with Crippen LogP contribution in [0.25, 0.3) is 120 Å². The minimum Gasteiger partial charge on any atom is -0.0622 e. The van der Waals surface area contributed by atoms with Crippen molar-refractivity contribution in [2.45, 2.75) is 59.3 Å². The van der Waals surface area contributed by atoms with E-state index < -0.39 is 0 Å². The van der Waals surface area contributed by atoms with Gasteiger partial charge in [0.25, 0.3) is 0 Å². The van der Waals surface area contributed by atoms with Crippen molar-refractivity contribution in [2.75, 3.05) is 0 Å². The number of hydrogen-bond acceptors (Lipinski definition) is 0. The summed E-state index contributed by atoms with van der Waals surface area (Å²) in [6.07, 6.45) is 0. The summed E-state index contributed by atoms with van der Waals surface area (Å²) < 4.78 is 0. The molecule has 0 radical (unpaired) electrons. The van der Waals surface area contributed by atoms with E-state index in [1.54, 1.807) is 0 Å². The predicted molar refractivity (Wildman–Crippen MR) is 275 cm³/mol. The second-order valence-corrected chi connectivity index (χ2v) is 18.8. The van der Waals surface area contributed by atoms with Gasteiger partial charge in [0.15, 0.2) is 0 Å². The van der Waals surface area contributed by atoms with E-state index in [-0.39, 0.29) is 0 Å². The Morgan fingerprint density at radius 3 is 1.40 bits per heavy atom. The summed E-state index contributed by atoms with van der Waals surface area (Å²) in [4.78, 5) is 0. The molecule has 0 amide bonds. The van der Waals surface area contributed by atoms with E-state index in [0.29, 0.717) is 17.8 Å². The number of rotatable bonds is 7. The van der Waals surface area contributed by atoms with E-state index in [4.69, 9.17) is 0 Å². The molecule has 302 valence electrons. The molecule has 12 aromatic carbocycles. The fourth-order valence-electron chi connectivity index (χ4n) is 11.4. The Labute approximate surface area is 370 Å². The molecule has 0 aliphatic heterocycles. The van der Waals surface area contributed by atoms with Crippen LogP contribution in [0.2, 0.25) is 0 Å². The van der Waals surface area contributed by atoms with Gasteiger partial charge in [0.2, 0.25) is 0 Å². The van der Waals surface area contributed by atoms with Crippen LogP contribution in [-0.4, -0.2) is 0 Å². The van der Waals surface area contributed by atoms with E-state index in [1.165, 1.54) is 137 Å². The summed E-state index contributed by atoms with van der Waals surface area (Å²) in [6.45, 7) is 14.1. The molecule has 0 atom stereocenters. The first-order valence-corrected chi connectivity index (χ1v) is 22.9. The summed E-state index contributed by atoms with van der Waals surface area (Å²) >= 11 is 0. The highest BCUT2D eigenvalue weighted by atomic mass is 14.3. The smallest absolute Gasteiger partial charge is 0.000718 e. The second kappa shape index (κ2) is 14.3. The van der Waals surface area contributed by atoms with Gasteiger partial charge in [0, 0.05) is 0 Å². The molecule has 0 aliphatic rings. The molecule has 0 fully saturated rings. The summed E-state index contributed by atoms with van der Waals surface area (Å²) in [5.74, 6) is 1.22. The predicted octanol–water partition coefficient (Wildman–Crippen LogP) is 18.7. The zero-order valence-electron chi connectivity index (χ0n) is 37.0. The third kappa shape index (κ3) is 5.47. The van der Waals surface area contributed by atoms with Gasteiger partial charge < -0.3 is 0 Å². The fourth-order valence-corrected chi connectivity index (χ4v) is 11.4. The molecule has 63 heavy (non-hydrogen) atoms. The average Bonchev–Trinajstić information content (AvgIpc) is 3.82. The third-order valence-electron chi connectivity index (χ3n) is 14.3. The van der Waals surface area contributed by atoms with Crippen molar-refractivity contribution in [1.29, 1.82) is 0 Å². The summed E-state index contributed by atoms with van der Waals surface area (Å²) in [5.41, 5.74) is 14.7. The van der Waals surface area contributed by atoms with Crippen LogP contribution in [-0.2, 0) is 0 Å². The molecule has 12 rings (SSSR count). The molecule has 0 N–H and O–H groups in total. The lowest BCUT2D eigenvalue weighted by atomic mass is 9.80. The Kier molecular flexibility index (Phi) is 8.54. The minimum atomic E-state index is 0.378. The highest BCUT2D eigenvalue weighted by Crippen LogP contribution is 2.56. The van der Waals surface area contributed by atoms with Crippen molar-refractivity contribution < 1.29 is 0 Å². The van der Waals surface area contributed by atoms with E-state index in [0.717, 1.165) is 0 Å². The highest BCUT2D eigenvalue weighted by Gasteiger charge is 2.29. The quantitative estimate of drug-likeness (QED) is 0.141. The second-order valence-electron chi connectivity index (χ2n) is 18.8. The molecule has 0 heterocycles. The van der Waals surface area contributed by atoms with E-state index in [2.05, 4.69) is 217 Å². The largest absolute Gasteiger partial charge is 0.0622 e. The number of fused-ring (bicyclic) bond motifs is 8. The van der Waals surface area contributed by atoms with Gasteiger partial charge in [-0.15, -0.1) is 0 Å². The molecule has 0 nitrogen and oxygen atoms in total. The first-order valence-electron chi connectivity index (χ1n) is 22.9. The van der Waals surface area contributed by atoms with E-state index >= 15 is 0 Å². The Morgan fingerprint density at radius 2 is 0.746 bits per heavy atom. The third-order valence-corrected chi connectivity index (χ3v) is 14.3. The molecule has 0 unspecified atom stereocenters. The maximum absolute atomic E-state index is 2.56. The van der Waals surface area contributed by atoms with Crippen molar-refractivity contribution in [2.24, 2.45) is 0 Å². The molecular formula is C63H50. The standard InChI is InChI=1S/C63H50/c1-36(2)41-33-52(37(3)4)59(53(34-41)38(5)6)48-31-32-51-57-47(48)28-18-30-50(57)63-60(45-26-16-13-23-42(45)39-19-9-7-10-20-39)55-35-54-44-25-15-14-24-43(44)46-27-17-29-49(58(46)54)61(55)56(62(51)63)40-21-11-8-12-22-40/h7-38H,1-6H3. The molecule has 0 bridgehead atoms. The lowest BCUT2D eigenvalue weighted by Crippen LogP contribution is -2.04. The van der Waals surface area contributed by atoms with Gasteiger partial charge in [-0.25, -0.2) is 0 Å². The van der Waals surface area contributed by atoms with Crippen LogP contribution < -0.4 is 0 Å². The Morgan fingerprint density at radius 1 is 0.254 bits per heavy atom. The maximum Gasteiger partial charge on any atom is -0.000718 e. The van der Waals surface area contributed by atoms with Crippen LogP contribution in [0.5, 0.6) is 0 Å². The van der Waals surface area contributed by atoms with Crippen molar-refractivity contribution >= 4 is 75.4 Å². The van der Waals surface area contributed by atoms with E-state index in [9.17, 15) is 0 Å². The molecular weight excluding hydrogens is 757 g/mol. The topological polar surface area (TPSA) is 0 Å². The Bertz CT molecular complexity index is 3700. The minimum absolute atomic E-state index is 0.378. The molecule has 12 aromatic rings. The zero-order chi connectivity index (χ0) is 42.7. The van der Waals surface area contributed by atoms with Crippen molar-refractivity contribution in [3.05, 3.63) is 193 Å².